The molecule has 3 rings (SSSR count). The van der Waals surface area contributed by atoms with Gasteiger partial charge in [-0.25, -0.2) is 4.79 Å². The second-order valence-corrected chi connectivity index (χ2v) is 6.58. The summed E-state index contributed by atoms with van der Waals surface area (Å²) < 4.78 is 6.69. The van der Waals surface area contributed by atoms with Gasteiger partial charge < -0.3 is 15.4 Å². The first-order chi connectivity index (χ1) is 13.5. The lowest BCUT2D eigenvalue weighted by atomic mass is 10.1. The zero-order valence-corrected chi connectivity index (χ0v) is 15.8. The maximum Gasteiger partial charge on any atom is 0.324 e. The fourth-order valence-corrected chi connectivity index (χ4v) is 3.00. The standard InChI is InChI=1S/C19H23N5O4/c1-23-12-14(11-20-23)21-17(25)8-7-16-18(26)24(19(27)22-16)10-9-13-3-5-15(28-2)6-4-13/h3-6,11-12,16H,7-10H2,1-2H3,(H,21,25)(H,22,27). The summed E-state index contributed by atoms with van der Waals surface area (Å²) in [5.41, 5.74) is 1.59. The van der Waals surface area contributed by atoms with E-state index in [1.165, 1.54) is 4.90 Å². The van der Waals surface area contributed by atoms with Crippen molar-refractivity contribution in [3.8, 4) is 5.75 Å². The number of aryl methyl sites for hydroxylation is 1. The van der Waals surface area contributed by atoms with Crippen molar-refractivity contribution in [2.45, 2.75) is 25.3 Å². The normalized spacial score (nSPS) is 16.2. The third-order valence-electron chi connectivity index (χ3n) is 4.54. The van der Waals surface area contributed by atoms with Gasteiger partial charge in [0.25, 0.3) is 5.91 Å². The number of nitrogens with zero attached hydrogens (tertiary/aromatic N) is 3. The molecule has 9 heteroatoms. The highest BCUT2D eigenvalue weighted by molar-refractivity contribution is 6.04. The molecular formula is C19H23N5O4. The zero-order valence-electron chi connectivity index (χ0n) is 15.8. The summed E-state index contributed by atoms with van der Waals surface area (Å²) in [6.45, 7) is 0.287. The van der Waals surface area contributed by atoms with Gasteiger partial charge in [-0.15, -0.1) is 0 Å². The number of ether oxygens (including phenoxy) is 1. The van der Waals surface area contributed by atoms with Crippen molar-refractivity contribution in [3.05, 3.63) is 42.2 Å². The number of hydrogen-bond acceptors (Lipinski definition) is 5. The Morgan fingerprint density at radius 2 is 2.04 bits per heavy atom. The predicted molar refractivity (Wildman–Crippen MR) is 102 cm³/mol. The first kappa shape index (κ1) is 19.4. The summed E-state index contributed by atoms with van der Waals surface area (Å²) in [5, 5.41) is 9.33. The molecule has 2 N–H and O–H groups in total. The first-order valence-electron chi connectivity index (χ1n) is 8.99. The van der Waals surface area contributed by atoms with Gasteiger partial charge in [-0.1, -0.05) is 12.1 Å². The molecule has 28 heavy (non-hydrogen) atoms. The third-order valence-corrected chi connectivity index (χ3v) is 4.54. The van der Waals surface area contributed by atoms with Crippen LogP contribution in [0.1, 0.15) is 18.4 Å². The molecule has 1 saturated heterocycles. The van der Waals surface area contributed by atoms with Gasteiger partial charge in [-0.3, -0.25) is 19.2 Å². The van der Waals surface area contributed by atoms with E-state index in [0.717, 1.165) is 11.3 Å². The van der Waals surface area contributed by atoms with E-state index in [0.29, 0.717) is 12.1 Å². The fourth-order valence-electron chi connectivity index (χ4n) is 3.00. The smallest absolute Gasteiger partial charge is 0.324 e. The zero-order chi connectivity index (χ0) is 20.1. The van der Waals surface area contributed by atoms with Crippen LogP contribution in [0, 0.1) is 0 Å². The quantitative estimate of drug-likeness (QED) is 0.667. The molecule has 1 aromatic heterocycles. The number of benzene rings is 1. The molecule has 4 amide bonds. The minimum absolute atomic E-state index is 0.123. The molecule has 1 aliphatic rings. The highest BCUT2D eigenvalue weighted by Gasteiger charge is 2.37. The number of nitrogens with one attached hydrogen (secondary N) is 2. The molecule has 1 atom stereocenters. The van der Waals surface area contributed by atoms with Crippen LogP contribution >= 0.6 is 0 Å². The Balaban J connectivity index is 1.47. The summed E-state index contributed by atoms with van der Waals surface area (Å²) in [5.74, 6) is 0.225. The molecule has 0 saturated carbocycles. The van der Waals surface area contributed by atoms with Crippen LogP contribution in [0.5, 0.6) is 5.75 Å². The van der Waals surface area contributed by atoms with E-state index in [-0.39, 0.29) is 31.2 Å². The Labute approximate surface area is 162 Å². The highest BCUT2D eigenvalue weighted by atomic mass is 16.5. The third kappa shape index (κ3) is 4.67. The summed E-state index contributed by atoms with van der Waals surface area (Å²) in [7, 11) is 3.35. The van der Waals surface area contributed by atoms with Gasteiger partial charge in [0.1, 0.15) is 11.8 Å². The maximum atomic E-state index is 12.5. The van der Waals surface area contributed by atoms with Crippen LogP contribution in [0.4, 0.5) is 10.5 Å². The first-order valence-corrected chi connectivity index (χ1v) is 8.99. The van der Waals surface area contributed by atoms with Gasteiger partial charge in [0, 0.05) is 26.2 Å². The van der Waals surface area contributed by atoms with Crippen LogP contribution in [-0.4, -0.2) is 52.2 Å². The van der Waals surface area contributed by atoms with Crippen LogP contribution in [-0.2, 0) is 23.1 Å². The van der Waals surface area contributed by atoms with E-state index >= 15 is 0 Å². The lowest BCUT2D eigenvalue weighted by Crippen LogP contribution is -2.33. The Morgan fingerprint density at radius 1 is 1.29 bits per heavy atom. The fraction of sp³-hybridized carbons (Fsp3) is 0.368. The number of methoxy groups -OCH3 is 1. The van der Waals surface area contributed by atoms with Gasteiger partial charge in [0.2, 0.25) is 5.91 Å². The number of anilines is 1. The lowest BCUT2D eigenvalue weighted by Gasteiger charge is -2.13. The molecule has 1 unspecified atom stereocenters. The minimum Gasteiger partial charge on any atom is -0.497 e. The number of urea groups is 1. The average Bonchev–Trinajstić information content (AvgIpc) is 3.21. The Morgan fingerprint density at radius 3 is 2.68 bits per heavy atom. The predicted octanol–water partition coefficient (Wildman–Crippen LogP) is 1.31. The van der Waals surface area contributed by atoms with E-state index in [1.807, 2.05) is 24.3 Å². The number of carbonyl (C=O) groups is 3. The number of amides is 4. The summed E-state index contributed by atoms with van der Waals surface area (Å²) >= 11 is 0. The molecule has 2 aromatic rings. The Kier molecular flexibility index (Phi) is 5.93. The van der Waals surface area contributed by atoms with Crippen molar-refractivity contribution < 1.29 is 19.1 Å². The number of rotatable bonds is 8. The van der Waals surface area contributed by atoms with E-state index in [1.54, 1.807) is 31.2 Å². The molecule has 1 aliphatic heterocycles. The van der Waals surface area contributed by atoms with Crippen molar-refractivity contribution in [1.82, 2.24) is 20.0 Å². The molecule has 9 nitrogen and oxygen atoms in total. The lowest BCUT2D eigenvalue weighted by molar-refractivity contribution is -0.127. The molecule has 1 aromatic carbocycles. The van der Waals surface area contributed by atoms with E-state index in [9.17, 15) is 14.4 Å². The van der Waals surface area contributed by atoms with Gasteiger partial charge in [0.15, 0.2) is 0 Å². The number of aromatic nitrogens is 2. The molecular weight excluding hydrogens is 362 g/mol. The van der Waals surface area contributed by atoms with Gasteiger partial charge in [-0.2, -0.15) is 5.10 Å². The van der Waals surface area contributed by atoms with E-state index < -0.39 is 12.1 Å². The Hall–Kier alpha value is -3.36. The number of hydrogen-bond donors (Lipinski definition) is 2. The monoisotopic (exact) mass is 385 g/mol. The van der Waals surface area contributed by atoms with Gasteiger partial charge in [-0.05, 0) is 30.5 Å². The van der Waals surface area contributed by atoms with Gasteiger partial charge in [0.05, 0.1) is 19.0 Å². The van der Waals surface area contributed by atoms with Crippen LogP contribution in [0.15, 0.2) is 36.7 Å². The van der Waals surface area contributed by atoms with E-state index in [2.05, 4.69) is 15.7 Å². The van der Waals surface area contributed by atoms with Crippen molar-refractivity contribution in [3.63, 3.8) is 0 Å². The summed E-state index contributed by atoms with van der Waals surface area (Å²) in [6, 6.07) is 6.38. The molecule has 148 valence electrons. The molecule has 2 heterocycles. The van der Waals surface area contributed by atoms with Crippen molar-refractivity contribution in [1.29, 1.82) is 0 Å². The summed E-state index contributed by atoms with van der Waals surface area (Å²) in [6.07, 6.45) is 4.15. The van der Waals surface area contributed by atoms with Crippen LogP contribution in [0.2, 0.25) is 0 Å². The Bertz CT molecular complexity index is 861. The van der Waals surface area contributed by atoms with Crippen LogP contribution < -0.4 is 15.4 Å². The maximum absolute atomic E-state index is 12.5. The molecule has 0 aliphatic carbocycles. The highest BCUT2D eigenvalue weighted by Crippen LogP contribution is 2.15. The molecule has 0 radical (unpaired) electrons. The largest absolute Gasteiger partial charge is 0.497 e. The van der Waals surface area contributed by atoms with Crippen molar-refractivity contribution >= 4 is 23.5 Å². The number of carbonyl (C=O) groups excluding carboxylic acids is 3. The van der Waals surface area contributed by atoms with Crippen LogP contribution in [0.3, 0.4) is 0 Å². The van der Waals surface area contributed by atoms with E-state index in [4.69, 9.17) is 4.74 Å². The summed E-state index contributed by atoms with van der Waals surface area (Å²) in [4.78, 5) is 37.8. The molecule has 0 spiro atoms. The average molecular weight is 385 g/mol. The van der Waals surface area contributed by atoms with Crippen LogP contribution in [0.25, 0.3) is 0 Å². The minimum atomic E-state index is -0.678. The topological polar surface area (TPSA) is 106 Å². The number of imide groups is 1. The second-order valence-electron chi connectivity index (χ2n) is 6.58. The molecule has 1 fully saturated rings. The SMILES string of the molecule is COc1ccc(CCN2C(=O)NC(CCC(=O)Nc3cnn(C)c3)C2=O)cc1. The van der Waals surface area contributed by atoms with Crippen molar-refractivity contribution in [2.24, 2.45) is 7.05 Å². The van der Waals surface area contributed by atoms with Crippen molar-refractivity contribution in [2.75, 3.05) is 19.0 Å². The van der Waals surface area contributed by atoms with Gasteiger partial charge >= 0.3 is 6.03 Å². The second kappa shape index (κ2) is 8.55. The molecule has 0 bridgehead atoms.